The zero-order valence-electron chi connectivity index (χ0n) is 16.9. The fourth-order valence-electron chi connectivity index (χ4n) is 2.64. The number of carbonyl (C=O) groups is 1. The van der Waals surface area contributed by atoms with Crippen LogP contribution in [0, 0.1) is 0 Å². The lowest BCUT2D eigenvalue weighted by molar-refractivity contribution is 0.0950. The van der Waals surface area contributed by atoms with Gasteiger partial charge in [0.2, 0.25) is 0 Å². The van der Waals surface area contributed by atoms with Gasteiger partial charge in [0.15, 0.2) is 0 Å². The van der Waals surface area contributed by atoms with E-state index in [2.05, 4.69) is 6.92 Å². The zero-order valence-corrected chi connectivity index (χ0v) is 17.7. The molecule has 1 amide bonds. The number of aromatic hydroxyl groups is 1. The number of hydrogen-bond donors (Lipinski definition) is 3. The molecule has 0 heterocycles. The standard InChI is InChI=1S/C19H32N2O3.H2O4S/c1-2-3-4-5-6-7-8-9-10-11-14-24-16-12-13-18(22)17(15-16)19(23)21-20;1-5(2,3)4/h12-13,15,22H,2-11,14,20H2,1H3,(H,21,23);(H2,1,2,3,4)/p-2. The molecule has 0 spiro atoms. The number of hydrazine groups is 1. The maximum Gasteiger partial charge on any atom is 0.269 e. The molecule has 1 rings (SSSR count). The topological polar surface area (TPSA) is 165 Å². The number of hydrogen-bond acceptors (Lipinski definition) is 8. The van der Waals surface area contributed by atoms with Crippen molar-refractivity contribution in [3.05, 3.63) is 23.8 Å². The third-order valence-corrected chi connectivity index (χ3v) is 4.11. The maximum absolute atomic E-state index is 11.5. The smallest absolute Gasteiger partial charge is 0.269 e. The molecule has 0 bridgehead atoms. The van der Waals surface area contributed by atoms with Gasteiger partial charge in [-0.3, -0.25) is 18.6 Å². The molecular formula is C19H32N2O7S-2. The van der Waals surface area contributed by atoms with Crippen LogP contribution in [0.5, 0.6) is 11.5 Å². The number of amides is 1. The quantitative estimate of drug-likeness (QED) is 0.107. The predicted octanol–water partition coefficient (Wildman–Crippen LogP) is 2.96. The van der Waals surface area contributed by atoms with Crippen molar-refractivity contribution < 1.29 is 32.2 Å². The molecule has 168 valence electrons. The summed E-state index contributed by atoms with van der Waals surface area (Å²) in [7, 11) is -5.17. The van der Waals surface area contributed by atoms with Crippen molar-refractivity contribution in [1.82, 2.24) is 5.43 Å². The molecule has 0 saturated heterocycles. The van der Waals surface area contributed by atoms with Gasteiger partial charge in [0.05, 0.1) is 12.2 Å². The van der Waals surface area contributed by atoms with Crippen LogP contribution >= 0.6 is 0 Å². The largest absolute Gasteiger partial charge is 0.759 e. The number of unbranched alkanes of at least 4 members (excludes halogenated alkanes) is 9. The Kier molecular flexibility index (Phi) is 14.9. The van der Waals surface area contributed by atoms with Gasteiger partial charge >= 0.3 is 0 Å². The number of phenolic OH excluding ortho intramolecular Hbond substituents is 1. The summed E-state index contributed by atoms with van der Waals surface area (Å²) in [6.45, 7) is 2.86. The van der Waals surface area contributed by atoms with Crippen LogP contribution in [0.1, 0.15) is 81.5 Å². The predicted molar refractivity (Wildman–Crippen MR) is 108 cm³/mol. The van der Waals surface area contributed by atoms with Crippen LogP contribution in [0.15, 0.2) is 18.2 Å². The summed E-state index contributed by atoms with van der Waals surface area (Å²) in [4.78, 5) is 11.5. The highest BCUT2D eigenvalue weighted by Crippen LogP contribution is 2.23. The Morgan fingerprint density at radius 3 is 2.00 bits per heavy atom. The van der Waals surface area contributed by atoms with Gasteiger partial charge in [-0.2, -0.15) is 0 Å². The van der Waals surface area contributed by atoms with E-state index in [0.717, 1.165) is 12.8 Å². The molecule has 0 fully saturated rings. The van der Waals surface area contributed by atoms with Crippen molar-refractivity contribution in [1.29, 1.82) is 0 Å². The molecule has 0 aliphatic rings. The average Bonchev–Trinajstić information content (AvgIpc) is 2.65. The van der Waals surface area contributed by atoms with Gasteiger partial charge in [0.1, 0.15) is 11.5 Å². The molecule has 29 heavy (non-hydrogen) atoms. The lowest BCUT2D eigenvalue weighted by atomic mass is 10.1. The molecule has 4 N–H and O–H groups in total. The first-order valence-corrected chi connectivity index (χ1v) is 11.2. The number of phenols is 1. The van der Waals surface area contributed by atoms with E-state index >= 15 is 0 Å². The highest BCUT2D eigenvalue weighted by atomic mass is 32.3. The van der Waals surface area contributed by atoms with Crippen molar-refractivity contribution in [2.24, 2.45) is 5.84 Å². The third-order valence-electron chi connectivity index (χ3n) is 4.11. The van der Waals surface area contributed by atoms with Crippen LogP contribution in [0.4, 0.5) is 0 Å². The minimum atomic E-state index is -5.17. The highest BCUT2D eigenvalue weighted by molar-refractivity contribution is 7.79. The molecule has 0 aliphatic heterocycles. The molecule has 0 unspecified atom stereocenters. The Bertz CT molecular complexity index is 673. The van der Waals surface area contributed by atoms with Gasteiger partial charge in [0, 0.05) is 10.4 Å². The van der Waals surface area contributed by atoms with E-state index in [-0.39, 0.29) is 11.3 Å². The fraction of sp³-hybridized carbons (Fsp3) is 0.632. The van der Waals surface area contributed by atoms with E-state index in [1.54, 1.807) is 6.07 Å². The number of nitrogens with two attached hydrogens (primary N) is 1. The minimum absolute atomic E-state index is 0.107. The van der Waals surface area contributed by atoms with Crippen LogP contribution in [-0.2, 0) is 10.4 Å². The lowest BCUT2D eigenvalue weighted by Crippen LogP contribution is -2.30. The summed E-state index contributed by atoms with van der Waals surface area (Å²) in [6, 6.07) is 4.60. The molecule has 1 aromatic carbocycles. The Hall–Kier alpha value is -1.88. The second-order valence-corrected chi connectivity index (χ2v) is 7.41. The van der Waals surface area contributed by atoms with E-state index in [4.69, 9.17) is 28.1 Å². The first-order chi connectivity index (χ1) is 13.7. The van der Waals surface area contributed by atoms with Crippen LogP contribution in [0.2, 0.25) is 0 Å². The Labute approximate surface area is 173 Å². The highest BCUT2D eigenvalue weighted by Gasteiger charge is 2.11. The molecule has 1 aromatic rings. The van der Waals surface area contributed by atoms with Crippen molar-refractivity contribution >= 4 is 16.3 Å². The zero-order chi connectivity index (χ0) is 22.1. The normalized spacial score (nSPS) is 10.8. The average molecular weight is 433 g/mol. The molecule has 0 atom stereocenters. The number of rotatable bonds is 13. The Morgan fingerprint density at radius 2 is 1.52 bits per heavy atom. The third kappa shape index (κ3) is 16.8. The second kappa shape index (κ2) is 16.0. The van der Waals surface area contributed by atoms with Crippen LogP contribution in [0.3, 0.4) is 0 Å². The van der Waals surface area contributed by atoms with Crippen molar-refractivity contribution in [2.45, 2.75) is 71.1 Å². The summed E-state index contributed by atoms with van der Waals surface area (Å²) in [6.07, 6.45) is 12.8. The SMILES string of the molecule is CCCCCCCCCCCCOc1ccc(O)c(C(=O)NN)c1.O=S(=O)([O-])[O-]. The van der Waals surface area contributed by atoms with Gasteiger partial charge in [-0.1, -0.05) is 64.7 Å². The summed E-state index contributed by atoms with van der Waals surface area (Å²) in [5.74, 6) is 5.02. The number of ether oxygens (including phenoxy) is 1. The van der Waals surface area contributed by atoms with E-state index < -0.39 is 16.3 Å². The van der Waals surface area contributed by atoms with E-state index in [1.807, 2.05) is 5.43 Å². The van der Waals surface area contributed by atoms with E-state index in [9.17, 15) is 9.90 Å². The summed E-state index contributed by atoms with van der Waals surface area (Å²) >= 11 is 0. The number of benzene rings is 1. The monoisotopic (exact) mass is 432 g/mol. The van der Waals surface area contributed by atoms with Gasteiger partial charge in [0.25, 0.3) is 5.91 Å². The summed E-state index contributed by atoms with van der Waals surface area (Å²) in [5, 5.41) is 9.62. The molecule has 0 radical (unpaired) electrons. The molecule has 0 aromatic heterocycles. The van der Waals surface area contributed by atoms with Crippen LogP contribution in [0.25, 0.3) is 0 Å². The number of nitrogens with one attached hydrogen (secondary N) is 1. The molecule has 0 saturated carbocycles. The first kappa shape index (κ1) is 27.1. The Balaban J connectivity index is 0.00000139. The molecule has 10 heteroatoms. The van der Waals surface area contributed by atoms with E-state index in [1.165, 1.54) is 63.5 Å². The van der Waals surface area contributed by atoms with Gasteiger partial charge in [-0.15, -0.1) is 0 Å². The van der Waals surface area contributed by atoms with Crippen molar-refractivity contribution in [2.75, 3.05) is 6.61 Å². The Morgan fingerprint density at radius 1 is 1.03 bits per heavy atom. The van der Waals surface area contributed by atoms with Gasteiger partial charge < -0.3 is 18.9 Å². The van der Waals surface area contributed by atoms with Crippen LogP contribution < -0.4 is 16.0 Å². The van der Waals surface area contributed by atoms with Crippen molar-refractivity contribution in [3.63, 3.8) is 0 Å². The molecule has 9 nitrogen and oxygen atoms in total. The summed E-state index contributed by atoms with van der Waals surface area (Å²) < 4.78 is 39.7. The lowest BCUT2D eigenvalue weighted by Gasteiger charge is -2.09. The van der Waals surface area contributed by atoms with Crippen molar-refractivity contribution in [3.8, 4) is 11.5 Å². The first-order valence-electron chi connectivity index (χ1n) is 9.82. The molecule has 0 aliphatic carbocycles. The minimum Gasteiger partial charge on any atom is -0.759 e. The maximum atomic E-state index is 11.5. The number of nitrogen functional groups attached to an aromatic ring is 1. The number of carbonyl (C=O) groups excluding carboxylic acids is 1. The molecular weight excluding hydrogens is 400 g/mol. The summed E-state index contributed by atoms with van der Waals surface area (Å²) in [5.41, 5.74) is 2.13. The van der Waals surface area contributed by atoms with Gasteiger partial charge in [-0.05, 0) is 24.6 Å². The fourth-order valence-corrected chi connectivity index (χ4v) is 2.64. The second-order valence-electron chi connectivity index (χ2n) is 6.59. The van der Waals surface area contributed by atoms with Gasteiger partial charge in [-0.25, -0.2) is 5.84 Å². The van der Waals surface area contributed by atoms with E-state index in [0.29, 0.717) is 12.4 Å². The van der Waals surface area contributed by atoms with Crippen LogP contribution in [-0.4, -0.2) is 35.1 Å².